The highest BCUT2D eigenvalue weighted by atomic mass is 16.4. The van der Waals surface area contributed by atoms with Crippen LogP contribution < -0.4 is 5.73 Å². The molecule has 0 saturated carbocycles. The Kier molecular flexibility index (Phi) is 7.62. The standard InChI is InChI=1S/C10H20N2O3/c1-2-12(8-10(14)15)9(13)6-4-3-5-7-11/h2-8,11H2,1H3,(H,14,15). The first-order chi connectivity index (χ1) is 7.11. The van der Waals surface area contributed by atoms with Crippen molar-refractivity contribution in [2.45, 2.75) is 32.6 Å². The van der Waals surface area contributed by atoms with E-state index in [-0.39, 0.29) is 12.5 Å². The Morgan fingerprint density at radius 1 is 1.27 bits per heavy atom. The number of likely N-dealkylation sites (N-methyl/N-ethyl adjacent to an activating group) is 1. The van der Waals surface area contributed by atoms with Crippen LogP contribution in [-0.4, -0.2) is 41.5 Å². The number of carboxylic acid groups (broad SMARTS) is 1. The van der Waals surface area contributed by atoms with Crippen LogP contribution in [0.3, 0.4) is 0 Å². The van der Waals surface area contributed by atoms with Gasteiger partial charge in [-0.1, -0.05) is 6.42 Å². The fraction of sp³-hybridized carbons (Fsp3) is 0.800. The summed E-state index contributed by atoms with van der Waals surface area (Å²) in [4.78, 5) is 23.3. The summed E-state index contributed by atoms with van der Waals surface area (Å²) >= 11 is 0. The first-order valence-corrected chi connectivity index (χ1v) is 5.31. The first kappa shape index (κ1) is 13.9. The monoisotopic (exact) mass is 216 g/mol. The number of rotatable bonds is 8. The summed E-state index contributed by atoms with van der Waals surface area (Å²) in [7, 11) is 0. The molecular weight excluding hydrogens is 196 g/mol. The third-order valence-electron chi connectivity index (χ3n) is 2.16. The maximum atomic E-state index is 11.5. The van der Waals surface area contributed by atoms with E-state index in [1.54, 1.807) is 6.92 Å². The molecule has 0 aromatic heterocycles. The van der Waals surface area contributed by atoms with Crippen LogP contribution in [0.25, 0.3) is 0 Å². The molecule has 0 rings (SSSR count). The van der Waals surface area contributed by atoms with Gasteiger partial charge in [-0.3, -0.25) is 9.59 Å². The lowest BCUT2D eigenvalue weighted by Crippen LogP contribution is -2.35. The second-order valence-electron chi connectivity index (χ2n) is 3.40. The zero-order valence-electron chi connectivity index (χ0n) is 9.24. The highest BCUT2D eigenvalue weighted by Gasteiger charge is 2.13. The number of nitrogens with zero attached hydrogens (tertiary/aromatic N) is 1. The lowest BCUT2D eigenvalue weighted by atomic mass is 10.2. The van der Waals surface area contributed by atoms with Crippen molar-refractivity contribution in [3.05, 3.63) is 0 Å². The van der Waals surface area contributed by atoms with E-state index in [0.29, 0.717) is 19.5 Å². The summed E-state index contributed by atoms with van der Waals surface area (Å²) in [6.45, 7) is 2.66. The van der Waals surface area contributed by atoms with Crippen molar-refractivity contribution in [1.29, 1.82) is 0 Å². The molecule has 0 aromatic rings. The van der Waals surface area contributed by atoms with Crippen LogP contribution in [-0.2, 0) is 9.59 Å². The average Bonchev–Trinajstić information content (AvgIpc) is 2.20. The second-order valence-corrected chi connectivity index (χ2v) is 3.40. The summed E-state index contributed by atoms with van der Waals surface area (Å²) in [5, 5.41) is 8.56. The molecule has 0 bridgehead atoms. The number of hydrogen-bond acceptors (Lipinski definition) is 3. The van der Waals surface area contributed by atoms with Gasteiger partial charge >= 0.3 is 5.97 Å². The highest BCUT2D eigenvalue weighted by molar-refractivity contribution is 5.81. The van der Waals surface area contributed by atoms with E-state index < -0.39 is 5.97 Å². The third-order valence-corrected chi connectivity index (χ3v) is 2.16. The summed E-state index contributed by atoms with van der Waals surface area (Å²) in [5.41, 5.74) is 5.32. The molecule has 15 heavy (non-hydrogen) atoms. The van der Waals surface area contributed by atoms with Crippen molar-refractivity contribution in [3.63, 3.8) is 0 Å². The molecule has 0 radical (unpaired) electrons. The van der Waals surface area contributed by atoms with Crippen LogP contribution in [0.15, 0.2) is 0 Å². The summed E-state index contributed by atoms with van der Waals surface area (Å²) < 4.78 is 0. The van der Waals surface area contributed by atoms with Crippen LogP contribution >= 0.6 is 0 Å². The first-order valence-electron chi connectivity index (χ1n) is 5.31. The number of carbonyl (C=O) groups is 2. The van der Waals surface area contributed by atoms with E-state index in [1.807, 2.05) is 0 Å². The van der Waals surface area contributed by atoms with Gasteiger partial charge in [-0.05, 0) is 26.3 Å². The smallest absolute Gasteiger partial charge is 0.323 e. The predicted octanol–water partition coefficient (Wildman–Crippen LogP) is 0.439. The van der Waals surface area contributed by atoms with E-state index in [1.165, 1.54) is 4.90 Å². The minimum absolute atomic E-state index is 0.0862. The van der Waals surface area contributed by atoms with Crippen LogP contribution in [0.4, 0.5) is 0 Å². The molecule has 0 unspecified atom stereocenters. The average molecular weight is 216 g/mol. The maximum Gasteiger partial charge on any atom is 0.323 e. The van der Waals surface area contributed by atoms with E-state index in [4.69, 9.17) is 10.8 Å². The molecule has 5 heteroatoms. The van der Waals surface area contributed by atoms with Crippen molar-refractivity contribution >= 4 is 11.9 Å². The third kappa shape index (κ3) is 6.90. The molecule has 0 aromatic carbocycles. The van der Waals surface area contributed by atoms with Gasteiger partial charge < -0.3 is 15.7 Å². The molecule has 88 valence electrons. The maximum absolute atomic E-state index is 11.5. The number of carboxylic acids is 1. The zero-order valence-corrected chi connectivity index (χ0v) is 9.24. The van der Waals surface area contributed by atoms with E-state index in [2.05, 4.69) is 0 Å². The molecule has 0 aliphatic heterocycles. The topological polar surface area (TPSA) is 83.6 Å². The fourth-order valence-corrected chi connectivity index (χ4v) is 1.30. The van der Waals surface area contributed by atoms with Crippen LogP contribution in [0.5, 0.6) is 0 Å². The molecule has 5 nitrogen and oxygen atoms in total. The van der Waals surface area contributed by atoms with Crippen LogP contribution in [0.1, 0.15) is 32.6 Å². The van der Waals surface area contributed by atoms with Gasteiger partial charge in [-0.15, -0.1) is 0 Å². The molecular formula is C10H20N2O3. The van der Waals surface area contributed by atoms with E-state index in [0.717, 1.165) is 19.3 Å². The number of aliphatic carboxylic acids is 1. The van der Waals surface area contributed by atoms with Crippen molar-refractivity contribution in [3.8, 4) is 0 Å². The van der Waals surface area contributed by atoms with Gasteiger partial charge in [0.1, 0.15) is 6.54 Å². The van der Waals surface area contributed by atoms with Gasteiger partial charge in [0.15, 0.2) is 0 Å². The molecule has 0 fully saturated rings. The second kappa shape index (κ2) is 8.23. The molecule has 0 saturated heterocycles. The molecule has 0 heterocycles. The normalized spacial score (nSPS) is 10.0. The zero-order chi connectivity index (χ0) is 11.7. The van der Waals surface area contributed by atoms with Gasteiger partial charge in [0.25, 0.3) is 0 Å². The van der Waals surface area contributed by atoms with Crippen LogP contribution in [0, 0.1) is 0 Å². The van der Waals surface area contributed by atoms with Crippen LogP contribution in [0.2, 0.25) is 0 Å². The summed E-state index contributed by atoms with van der Waals surface area (Å²) in [6, 6.07) is 0. The molecule has 3 N–H and O–H groups in total. The van der Waals surface area contributed by atoms with Crippen molar-refractivity contribution in [2.24, 2.45) is 5.73 Å². The van der Waals surface area contributed by atoms with E-state index in [9.17, 15) is 9.59 Å². The molecule has 0 spiro atoms. The van der Waals surface area contributed by atoms with Gasteiger partial charge in [0, 0.05) is 13.0 Å². The Hall–Kier alpha value is -1.10. The highest BCUT2D eigenvalue weighted by Crippen LogP contribution is 2.02. The summed E-state index contributed by atoms with van der Waals surface area (Å²) in [5.74, 6) is -1.05. The molecule has 0 atom stereocenters. The number of nitrogens with two attached hydrogens (primary N) is 1. The van der Waals surface area contributed by atoms with Crippen molar-refractivity contribution in [2.75, 3.05) is 19.6 Å². The SMILES string of the molecule is CCN(CC(=O)O)C(=O)CCCCCN. The fourth-order valence-electron chi connectivity index (χ4n) is 1.30. The number of carbonyl (C=O) groups excluding carboxylic acids is 1. The predicted molar refractivity (Wildman–Crippen MR) is 57.4 cm³/mol. The van der Waals surface area contributed by atoms with Gasteiger partial charge in [-0.25, -0.2) is 0 Å². The Morgan fingerprint density at radius 3 is 2.40 bits per heavy atom. The van der Waals surface area contributed by atoms with Gasteiger partial charge in [0.05, 0.1) is 0 Å². The Bertz CT molecular complexity index is 207. The molecule has 1 amide bonds. The minimum atomic E-state index is -0.966. The summed E-state index contributed by atoms with van der Waals surface area (Å²) in [6.07, 6.45) is 3.04. The minimum Gasteiger partial charge on any atom is -0.480 e. The largest absolute Gasteiger partial charge is 0.480 e. The Balaban J connectivity index is 3.78. The number of hydrogen-bond donors (Lipinski definition) is 2. The number of unbranched alkanes of at least 4 members (excludes halogenated alkanes) is 2. The Labute approximate surface area is 90.2 Å². The molecule has 0 aliphatic carbocycles. The van der Waals surface area contributed by atoms with E-state index >= 15 is 0 Å². The van der Waals surface area contributed by atoms with Gasteiger partial charge in [0.2, 0.25) is 5.91 Å². The van der Waals surface area contributed by atoms with Crippen molar-refractivity contribution in [1.82, 2.24) is 4.90 Å². The quantitative estimate of drug-likeness (QED) is 0.577. The molecule has 0 aliphatic rings. The lowest BCUT2D eigenvalue weighted by molar-refractivity contribution is -0.144. The number of amides is 1. The lowest BCUT2D eigenvalue weighted by Gasteiger charge is -2.18. The van der Waals surface area contributed by atoms with Gasteiger partial charge in [-0.2, -0.15) is 0 Å². The Morgan fingerprint density at radius 2 is 1.93 bits per heavy atom. The van der Waals surface area contributed by atoms with Crippen molar-refractivity contribution < 1.29 is 14.7 Å².